The minimum Gasteiger partial charge on any atom is -0.285 e. The summed E-state index contributed by atoms with van der Waals surface area (Å²) in [6.45, 7) is 0. The number of rotatable bonds is 3. The number of nitrogens with one attached hydrogen (secondary N) is 1. The molecule has 3 aromatic rings. The first kappa shape index (κ1) is 15.5. The SMILES string of the molecule is CN(C)NC(=O)c1cc(-c2ccccc2Cl)nc2ccccc12. The molecule has 0 bridgehead atoms. The van der Waals surface area contributed by atoms with Crippen LogP contribution in [0.3, 0.4) is 0 Å². The van der Waals surface area contributed by atoms with Crippen LogP contribution >= 0.6 is 11.6 Å². The molecular formula is C18H16ClN3O. The van der Waals surface area contributed by atoms with Crippen LogP contribution in [0.1, 0.15) is 10.4 Å². The molecule has 1 heterocycles. The Morgan fingerprint density at radius 1 is 1.09 bits per heavy atom. The molecule has 0 fully saturated rings. The molecule has 0 atom stereocenters. The van der Waals surface area contributed by atoms with E-state index in [9.17, 15) is 4.79 Å². The number of hydrogen-bond donors (Lipinski definition) is 1. The highest BCUT2D eigenvalue weighted by Gasteiger charge is 2.15. The van der Waals surface area contributed by atoms with Crippen LogP contribution in [-0.2, 0) is 0 Å². The van der Waals surface area contributed by atoms with Crippen molar-refractivity contribution < 1.29 is 4.79 Å². The van der Waals surface area contributed by atoms with Crippen LogP contribution in [0.2, 0.25) is 5.02 Å². The first-order valence-corrected chi connectivity index (χ1v) is 7.57. The molecule has 1 aromatic heterocycles. The van der Waals surface area contributed by atoms with Crippen molar-refractivity contribution in [1.82, 2.24) is 15.4 Å². The fraction of sp³-hybridized carbons (Fsp3) is 0.111. The summed E-state index contributed by atoms with van der Waals surface area (Å²) in [5, 5.41) is 3.03. The van der Waals surface area contributed by atoms with E-state index < -0.39 is 0 Å². The van der Waals surface area contributed by atoms with E-state index >= 15 is 0 Å². The molecule has 4 nitrogen and oxygen atoms in total. The van der Waals surface area contributed by atoms with Gasteiger partial charge in [0.1, 0.15) is 0 Å². The second kappa shape index (κ2) is 6.36. The molecule has 3 rings (SSSR count). The zero-order valence-electron chi connectivity index (χ0n) is 12.9. The number of carbonyl (C=O) groups is 1. The van der Waals surface area contributed by atoms with Gasteiger partial charge in [0, 0.05) is 30.1 Å². The second-order valence-corrected chi connectivity index (χ2v) is 5.79. The van der Waals surface area contributed by atoms with Crippen LogP contribution in [0.15, 0.2) is 54.6 Å². The summed E-state index contributed by atoms with van der Waals surface area (Å²) in [5.74, 6) is -0.179. The first-order valence-electron chi connectivity index (χ1n) is 7.19. The van der Waals surface area contributed by atoms with Crippen molar-refractivity contribution in [1.29, 1.82) is 0 Å². The van der Waals surface area contributed by atoms with E-state index in [0.29, 0.717) is 16.3 Å². The monoisotopic (exact) mass is 325 g/mol. The van der Waals surface area contributed by atoms with Gasteiger partial charge < -0.3 is 0 Å². The highest BCUT2D eigenvalue weighted by Crippen LogP contribution is 2.29. The minimum absolute atomic E-state index is 0.179. The average molecular weight is 326 g/mol. The van der Waals surface area contributed by atoms with Crippen LogP contribution < -0.4 is 5.43 Å². The van der Waals surface area contributed by atoms with Gasteiger partial charge in [-0.25, -0.2) is 9.99 Å². The number of hydrazine groups is 1. The largest absolute Gasteiger partial charge is 0.285 e. The van der Waals surface area contributed by atoms with Gasteiger partial charge >= 0.3 is 0 Å². The molecule has 0 aliphatic heterocycles. The predicted octanol–water partition coefficient (Wildman–Crippen LogP) is 3.76. The van der Waals surface area contributed by atoms with E-state index in [1.54, 1.807) is 25.2 Å². The lowest BCUT2D eigenvalue weighted by Crippen LogP contribution is -2.36. The van der Waals surface area contributed by atoms with Gasteiger partial charge in [-0.2, -0.15) is 0 Å². The van der Waals surface area contributed by atoms with Gasteiger partial charge in [-0.3, -0.25) is 10.2 Å². The van der Waals surface area contributed by atoms with Crippen molar-refractivity contribution in [2.24, 2.45) is 0 Å². The summed E-state index contributed by atoms with van der Waals surface area (Å²) < 4.78 is 0. The van der Waals surface area contributed by atoms with Crippen molar-refractivity contribution in [2.75, 3.05) is 14.1 Å². The van der Waals surface area contributed by atoms with E-state index in [1.165, 1.54) is 0 Å². The van der Waals surface area contributed by atoms with Gasteiger partial charge in [-0.05, 0) is 18.2 Å². The van der Waals surface area contributed by atoms with Crippen LogP contribution in [0.5, 0.6) is 0 Å². The van der Waals surface area contributed by atoms with Gasteiger partial charge in [0.05, 0.1) is 16.8 Å². The fourth-order valence-electron chi connectivity index (χ4n) is 2.43. The number of carbonyl (C=O) groups excluding carboxylic acids is 1. The smallest absolute Gasteiger partial charge is 0.266 e. The molecule has 0 saturated heterocycles. The van der Waals surface area contributed by atoms with Crippen molar-refractivity contribution >= 4 is 28.4 Å². The van der Waals surface area contributed by atoms with Crippen molar-refractivity contribution in [3.8, 4) is 11.3 Å². The zero-order chi connectivity index (χ0) is 16.4. The summed E-state index contributed by atoms with van der Waals surface area (Å²) in [4.78, 5) is 17.2. The van der Waals surface area contributed by atoms with Gasteiger partial charge in [0.15, 0.2) is 0 Å². The predicted molar refractivity (Wildman–Crippen MR) is 93.3 cm³/mol. The lowest BCUT2D eigenvalue weighted by Gasteiger charge is -2.14. The maximum absolute atomic E-state index is 12.5. The Hall–Kier alpha value is -2.43. The van der Waals surface area contributed by atoms with E-state index in [1.807, 2.05) is 48.5 Å². The van der Waals surface area contributed by atoms with E-state index in [2.05, 4.69) is 10.4 Å². The Morgan fingerprint density at radius 3 is 2.52 bits per heavy atom. The van der Waals surface area contributed by atoms with Crippen LogP contribution in [-0.4, -0.2) is 30.0 Å². The molecule has 1 N–H and O–H groups in total. The standard InChI is InChI=1S/C18H16ClN3O/c1-22(2)21-18(23)14-11-17(13-8-3-5-9-15(13)19)20-16-10-6-4-7-12(14)16/h3-11H,1-2H3,(H,21,23). The maximum atomic E-state index is 12.5. The summed E-state index contributed by atoms with van der Waals surface area (Å²) >= 11 is 6.28. The third-order valence-corrected chi connectivity index (χ3v) is 3.77. The third kappa shape index (κ3) is 3.18. The number of para-hydroxylation sites is 1. The normalized spacial score (nSPS) is 11.0. The molecule has 0 unspecified atom stereocenters. The Morgan fingerprint density at radius 2 is 1.78 bits per heavy atom. The number of fused-ring (bicyclic) bond motifs is 1. The number of nitrogens with zero attached hydrogens (tertiary/aromatic N) is 2. The summed E-state index contributed by atoms with van der Waals surface area (Å²) in [6, 6.07) is 16.8. The number of halogens is 1. The molecule has 0 spiro atoms. The molecule has 116 valence electrons. The van der Waals surface area contributed by atoms with Gasteiger partial charge in [-0.1, -0.05) is 48.0 Å². The molecule has 1 amide bonds. The topological polar surface area (TPSA) is 45.2 Å². The van der Waals surface area contributed by atoms with Gasteiger partial charge in [-0.15, -0.1) is 0 Å². The number of amides is 1. The van der Waals surface area contributed by atoms with Crippen LogP contribution in [0.4, 0.5) is 0 Å². The van der Waals surface area contributed by atoms with Crippen LogP contribution in [0.25, 0.3) is 22.2 Å². The Bertz CT molecular complexity index is 877. The summed E-state index contributed by atoms with van der Waals surface area (Å²) in [6.07, 6.45) is 0. The maximum Gasteiger partial charge on any atom is 0.266 e. The lowest BCUT2D eigenvalue weighted by atomic mass is 10.0. The number of hydrogen-bond acceptors (Lipinski definition) is 3. The fourth-order valence-corrected chi connectivity index (χ4v) is 2.67. The van der Waals surface area contributed by atoms with Gasteiger partial charge in [0.25, 0.3) is 5.91 Å². The molecule has 0 radical (unpaired) electrons. The molecule has 2 aromatic carbocycles. The van der Waals surface area contributed by atoms with E-state index in [-0.39, 0.29) is 5.91 Å². The second-order valence-electron chi connectivity index (χ2n) is 5.39. The molecular weight excluding hydrogens is 310 g/mol. The average Bonchev–Trinajstić information content (AvgIpc) is 2.53. The quantitative estimate of drug-likeness (QED) is 0.746. The van der Waals surface area contributed by atoms with Gasteiger partial charge in [0.2, 0.25) is 0 Å². The molecule has 0 aliphatic carbocycles. The lowest BCUT2D eigenvalue weighted by molar-refractivity contribution is 0.0858. The number of pyridine rings is 1. The zero-order valence-corrected chi connectivity index (χ0v) is 13.6. The number of aromatic nitrogens is 1. The highest BCUT2D eigenvalue weighted by atomic mass is 35.5. The number of benzene rings is 2. The molecule has 5 heteroatoms. The Kier molecular flexibility index (Phi) is 4.28. The molecule has 0 aliphatic rings. The minimum atomic E-state index is -0.179. The summed E-state index contributed by atoms with van der Waals surface area (Å²) in [5.41, 5.74) is 5.59. The van der Waals surface area contributed by atoms with Crippen molar-refractivity contribution in [3.05, 3.63) is 65.2 Å². The van der Waals surface area contributed by atoms with Crippen LogP contribution in [0, 0.1) is 0 Å². The molecule has 0 saturated carbocycles. The Labute approximate surface area is 139 Å². The van der Waals surface area contributed by atoms with E-state index in [0.717, 1.165) is 16.5 Å². The first-order chi connectivity index (χ1) is 11.1. The molecule has 23 heavy (non-hydrogen) atoms. The third-order valence-electron chi connectivity index (χ3n) is 3.44. The van der Waals surface area contributed by atoms with Crippen molar-refractivity contribution in [3.63, 3.8) is 0 Å². The van der Waals surface area contributed by atoms with E-state index in [4.69, 9.17) is 11.6 Å². The highest BCUT2D eigenvalue weighted by molar-refractivity contribution is 6.33. The van der Waals surface area contributed by atoms with Crippen molar-refractivity contribution in [2.45, 2.75) is 0 Å². The Balaban J connectivity index is 2.22. The summed E-state index contributed by atoms with van der Waals surface area (Å²) in [7, 11) is 3.55.